The van der Waals surface area contributed by atoms with Crippen molar-refractivity contribution in [3.8, 4) is 16.9 Å². The molecule has 1 atom stereocenters. The SMILES string of the molecule is NC(=O)c1cc(-c2cccnc2[C@@H](CC(=O)Cn2ncc3ccc(O)cc32)Cc2cc(F)cc(F)c2)ccc1F. The fraction of sp³-hybridized carbons (Fsp3) is 0.133. The largest absolute Gasteiger partial charge is 0.508 e. The number of aromatic nitrogens is 3. The number of Topliss-reactive ketones (excluding diaryl/α,β-unsaturated/α-hetero) is 1. The van der Waals surface area contributed by atoms with Crippen LogP contribution in [-0.2, 0) is 17.8 Å². The van der Waals surface area contributed by atoms with Gasteiger partial charge < -0.3 is 10.8 Å². The molecule has 0 saturated carbocycles. The van der Waals surface area contributed by atoms with E-state index in [1.807, 2.05) is 0 Å². The number of primary amides is 1. The van der Waals surface area contributed by atoms with E-state index in [1.54, 1.807) is 24.4 Å². The number of pyridine rings is 1. The number of ketones is 1. The van der Waals surface area contributed by atoms with E-state index in [4.69, 9.17) is 5.73 Å². The minimum absolute atomic E-state index is 0.0282. The molecule has 5 rings (SSSR count). The molecule has 202 valence electrons. The fourth-order valence-electron chi connectivity index (χ4n) is 4.84. The van der Waals surface area contributed by atoms with Gasteiger partial charge in [-0.3, -0.25) is 19.3 Å². The molecule has 0 unspecified atom stereocenters. The standard InChI is InChI=1S/C30H23F3N4O3/c31-21-9-17(10-22(32)13-21)8-20(11-24(39)16-37-28-14-23(38)5-3-19(28)15-36-37)29-25(2-1-7-35-29)18-4-6-27(33)26(12-18)30(34)40/h1-7,9-10,12-15,20,38H,8,11,16H2,(H2,34,40)/t20-/m1/s1. The number of halogens is 3. The van der Waals surface area contributed by atoms with Crippen LogP contribution < -0.4 is 5.73 Å². The summed E-state index contributed by atoms with van der Waals surface area (Å²) in [6.45, 7) is -0.120. The van der Waals surface area contributed by atoms with Gasteiger partial charge in [-0.2, -0.15) is 5.10 Å². The number of fused-ring (bicyclic) bond motifs is 1. The van der Waals surface area contributed by atoms with Gasteiger partial charge in [0, 0.05) is 41.6 Å². The molecule has 2 heterocycles. The molecule has 0 aliphatic heterocycles. The first-order chi connectivity index (χ1) is 19.2. The monoisotopic (exact) mass is 544 g/mol. The van der Waals surface area contributed by atoms with E-state index in [0.29, 0.717) is 27.9 Å². The number of benzene rings is 3. The molecule has 0 aliphatic rings. The molecule has 3 N–H and O–H groups in total. The topological polar surface area (TPSA) is 111 Å². The zero-order chi connectivity index (χ0) is 28.4. The lowest BCUT2D eigenvalue weighted by Gasteiger charge is -2.20. The number of nitrogens with two attached hydrogens (primary N) is 1. The number of hydrogen-bond acceptors (Lipinski definition) is 5. The van der Waals surface area contributed by atoms with Crippen LogP contribution in [0, 0.1) is 17.5 Å². The summed E-state index contributed by atoms with van der Waals surface area (Å²) in [4.78, 5) is 29.6. The zero-order valence-corrected chi connectivity index (χ0v) is 21.0. The smallest absolute Gasteiger partial charge is 0.251 e. The van der Waals surface area contributed by atoms with Crippen LogP contribution in [0.25, 0.3) is 22.0 Å². The third kappa shape index (κ3) is 5.70. The van der Waals surface area contributed by atoms with Crippen molar-refractivity contribution in [1.29, 1.82) is 0 Å². The summed E-state index contributed by atoms with van der Waals surface area (Å²) in [6.07, 6.45) is 3.09. The maximum Gasteiger partial charge on any atom is 0.251 e. The molecule has 3 aromatic carbocycles. The van der Waals surface area contributed by atoms with Crippen LogP contribution in [0.5, 0.6) is 5.75 Å². The van der Waals surface area contributed by atoms with Crippen molar-refractivity contribution < 1.29 is 27.9 Å². The van der Waals surface area contributed by atoms with Crippen LogP contribution >= 0.6 is 0 Å². The molecule has 40 heavy (non-hydrogen) atoms. The van der Waals surface area contributed by atoms with Crippen molar-refractivity contribution in [3.63, 3.8) is 0 Å². The number of phenols is 1. The highest BCUT2D eigenvalue weighted by molar-refractivity contribution is 5.94. The predicted molar refractivity (Wildman–Crippen MR) is 142 cm³/mol. The van der Waals surface area contributed by atoms with Crippen molar-refractivity contribution in [3.05, 3.63) is 113 Å². The van der Waals surface area contributed by atoms with Gasteiger partial charge in [0.25, 0.3) is 5.91 Å². The van der Waals surface area contributed by atoms with E-state index in [1.165, 1.54) is 47.3 Å². The maximum absolute atomic E-state index is 14.2. The fourth-order valence-corrected chi connectivity index (χ4v) is 4.84. The third-order valence-electron chi connectivity index (χ3n) is 6.60. The zero-order valence-electron chi connectivity index (χ0n) is 21.0. The molecule has 0 fully saturated rings. The molecule has 0 aliphatic carbocycles. The Kier molecular flexibility index (Phi) is 7.33. The van der Waals surface area contributed by atoms with Crippen LogP contribution in [-0.4, -0.2) is 31.6 Å². The molecular weight excluding hydrogens is 521 g/mol. The number of hydrogen-bond donors (Lipinski definition) is 2. The van der Waals surface area contributed by atoms with Gasteiger partial charge in [-0.05, 0) is 60.0 Å². The molecule has 10 heteroatoms. The normalized spacial score (nSPS) is 12.0. The van der Waals surface area contributed by atoms with Crippen molar-refractivity contribution in [1.82, 2.24) is 14.8 Å². The first-order valence-electron chi connectivity index (χ1n) is 12.3. The number of phenolic OH excluding ortho intramolecular Hbond substituents is 1. The quantitative estimate of drug-likeness (QED) is 0.261. The van der Waals surface area contributed by atoms with Gasteiger partial charge in [0.2, 0.25) is 0 Å². The van der Waals surface area contributed by atoms with Crippen LogP contribution in [0.15, 0.2) is 79.1 Å². The minimum Gasteiger partial charge on any atom is -0.508 e. The maximum atomic E-state index is 14.2. The second-order valence-corrected chi connectivity index (χ2v) is 9.46. The van der Waals surface area contributed by atoms with Crippen LogP contribution in [0.4, 0.5) is 13.2 Å². The molecule has 2 aromatic heterocycles. The number of nitrogens with zero attached hydrogens (tertiary/aromatic N) is 3. The third-order valence-corrected chi connectivity index (χ3v) is 6.60. The van der Waals surface area contributed by atoms with Gasteiger partial charge in [0.05, 0.1) is 23.0 Å². The molecular formula is C30H23F3N4O3. The summed E-state index contributed by atoms with van der Waals surface area (Å²) in [6, 6.07) is 15.1. The Hall–Kier alpha value is -4.99. The molecule has 0 saturated heterocycles. The van der Waals surface area contributed by atoms with E-state index in [2.05, 4.69) is 10.1 Å². The van der Waals surface area contributed by atoms with E-state index < -0.39 is 29.3 Å². The molecule has 0 radical (unpaired) electrons. The van der Waals surface area contributed by atoms with Crippen molar-refractivity contribution >= 4 is 22.6 Å². The van der Waals surface area contributed by atoms with Crippen LogP contribution in [0.1, 0.15) is 34.0 Å². The van der Waals surface area contributed by atoms with Gasteiger partial charge in [0.1, 0.15) is 29.7 Å². The Morgan fingerprint density at radius 1 is 0.975 bits per heavy atom. The van der Waals surface area contributed by atoms with Crippen LogP contribution in [0.2, 0.25) is 0 Å². The summed E-state index contributed by atoms with van der Waals surface area (Å²) < 4.78 is 43.7. The van der Waals surface area contributed by atoms with Gasteiger partial charge in [-0.15, -0.1) is 0 Å². The highest BCUT2D eigenvalue weighted by atomic mass is 19.1. The first-order valence-corrected chi connectivity index (χ1v) is 12.3. The van der Waals surface area contributed by atoms with Gasteiger partial charge in [-0.25, -0.2) is 13.2 Å². The average Bonchev–Trinajstić information content (AvgIpc) is 3.29. The Morgan fingerprint density at radius 2 is 1.75 bits per heavy atom. The van der Waals surface area contributed by atoms with Gasteiger partial charge in [-0.1, -0.05) is 12.1 Å². The first kappa shape index (κ1) is 26.6. The van der Waals surface area contributed by atoms with Crippen molar-refractivity contribution in [2.24, 2.45) is 5.73 Å². The van der Waals surface area contributed by atoms with Gasteiger partial charge >= 0.3 is 0 Å². The molecule has 5 aromatic rings. The molecule has 7 nitrogen and oxygen atoms in total. The van der Waals surface area contributed by atoms with Crippen LogP contribution in [0.3, 0.4) is 0 Å². The summed E-state index contributed by atoms with van der Waals surface area (Å²) >= 11 is 0. The van der Waals surface area contributed by atoms with Crippen molar-refractivity contribution in [2.45, 2.75) is 25.3 Å². The second kappa shape index (κ2) is 11.0. The lowest BCUT2D eigenvalue weighted by molar-refractivity contribution is -0.120. The van der Waals surface area contributed by atoms with E-state index in [0.717, 1.165) is 17.5 Å². The average molecular weight is 545 g/mol. The number of carbonyl (C=O) groups is 2. The minimum atomic E-state index is -0.941. The molecule has 1 amide bonds. The van der Waals surface area contributed by atoms with Crippen molar-refractivity contribution in [2.75, 3.05) is 0 Å². The van der Waals surface area contributed by atoms with E-state index in [9.17, 15) is 27.9 Å². The number of carbonyl (C=O) groups excluding carboxylic acids is 2. The molecule has 0 bridgehead atoms. The highest BCUT2D eigenvalue weighted by Gasteiger charge is 2.24. The Balaban J connectivity index is 1.53. The number of rotatable bonds is 9. The van der Waals surface area contributed by atoms with Gasteiger partial charge in [0.15, 0.2) is 5.78 Å². The lowest BCUT2D eigenvalue weighted by Crippen LogP contribution is -2.18. The summed E-state index contributed by atoms with van der Waals surface area (Å²) in [5.41, 5.74) is 7.29. The summed E-state index contributed by atoms with van der Waals surface area (Å²) in [5, 5.41) is 14.9. The predicted octanol–water partition coefficient (Wildman–Crippen LogP) is 5.31. The number of amides is 1. The summed E-state index contributed by atoms with van der Waals surface area (Å²) in [7, 11) is 0. The second-order valence-electron chi connectivity index (χ2n) is 9.46. The Labute approximate surface area is 226 Å². The highest BCUT2D eigenvalue weighted by Crippen LogP contribution is 2.33. The lowest BCUT2D eigenvalue weighted by atomic mass is 9.86. The molecule has 0 spiro atoms. The van der Waals surface area contributed by atoms with E-state index in [-0.39, 0.29) is 36.5 Å². The van der Waals surface area contributed by atoms with E-state index >= 15 is 0 Å². The summed E-state index contributed by atoms with van der Waals surface area (Å²) in [5.74, 6) is -4.10. The Bertz CT molecular complexity index is 1730. The Morgan fingerprint density at radius 3 is 2.50 bits per heavy atom. The number of aromatic hydroxyl groups is 1.